The minimum Gasteiger partial charge on any atom is -0.458 e. The van der Waals surface area contributed by atoms with Crippen LogP contribution in [-0.4, -0.2) is 40.1 Å². The van der Waals surface area contributed by atoms with Crippen LogP contribution in [0.25, 0.3) is 0 Å². The molecule has 0 aromatic heterocycles. The quantitative estimate of drug-likeness (QED) is 0.449. The van der Waals surface area contributed by atoms with Crippen molar-refractivity contribution in [3.8, 4) is 0 Å². The fraction of sp³-hybridized carbons (Fsp3) is 0.667. The smallest absolute Gasteiger partial charge is 0.329 e. The third-order valence-corrected chi connectivity index (χ3v) is 10.9. The second kappa shape index (κ2) is 8.25. The maximum atomic E-state index is 12.9. The van der Waals surface area contributed by atoms with Gasteiger partial charge in [0, 0.05) is 23.6 Å². The number of esters is 1. The number of nitrogens with zero attached hydrogens (tertiary/aromatic N) is 1. The van der Waals surface area contributed by atoms with Crippen LogP contribution in [0, 0.1) is 5.92 Å². The van der Waals surface area contributed by atoms with Crippen LogP contribution in [0.3, 0.4) is 0 Å². The average Bonchev–Trinajstić information content (AvgIpc) is 2.50. The molecule has 27 heavy (non-hydrogen) atoms. The molecule has 0 aliphatic carbocycles. The van der Waals surface area contributed by atoms with E-state index in [-0.39, 0.29) is 29.1 Å². The van der Waals surface area contributed by atoms with E-state index in [0.717, 1.165) is 10.2 Å². The third-order valence-electron chi connectivity index (χ3n) is 5.88. The van der Waals surface area contributed by atoms with Crippen LogP contribution >= 0.6 is 15.9 Å². The molecular formula is C21H34BrNO3Si. The highest BCUT2D eigenvalue weighted by atomic mass is 79.9. The fourth-order valence-electron chi connectivity index (χ4n) is 3.22. The molecule has 1 aromatic rings. The molecule has 0 spiro atoms. The Kier molecular flexibility index (Phi) is 6.86. The number of anilines is 1. The van der Waals surface area contributed by atoms with E-state index >= 15 is 0 Å². The summed E-state index contributed by atoms with van der Waals surface area (Å²) in [5, 5.41) is 0.125. The second-order valence-electron chi connectivity index (χ2n) is 9.41. The predicted octanol–water partition coefficient (Wildman–Crippen LogP) is 5.40. The fourth-order valence-corrected chi connectivity index (χ4v) is 4.66. The minimum atomic E-state index is -1.91. The van der Waals surface area contributed by atoms with E-state index in [1.807, 2.05) is 13.1 Å². The largest absolute Gasteiger partial charge is 0.458 e. The van der Waals surface area contributed by atoms with Crippen LogP contribution in [0.4, 0.5) is 5.69 Å². The number of benzene rings is 1. The zero-order valence-electron chi connectivity index (χ0n) is 17.9. The van der Waals surface area contributed by atoms with Gasteiger partial charge >= 0.3 is 5.97 Å². The number of halogens is 1. The molecule has 0 radical (unpaired) electrons. The average molecular weight is 456 g/mol. The van der Waals surface area contributed by atoms with Crippen LogP contribution in [0.5, 0.6) is 0 Å². The SMILES string of the molecule is CC(C)[C@H]1C(=O)O[C@H](CO[Si](C)(C)C(C)(C)C)Cc2cc(Br)ccc2N1C. The van der Waals surface area contributed by atoms with Gasteiger partial charge in [0.25, 0.3) is 0 Å². The van der Waals surface area contributed by atoms with Crippen LogP contribution in [0.15, 0.2) is 22.7 Å². The molecule has 6 heteroatoms. The molecule has 0 amide bonds. The summed E-state index contributed by atoms with van der Waals surface area (Å²) in [4.78, 5) is 15.0. The van der Waals surface area contributed by atoms with Gasteiger partial charge in [0.1, 0.15) is 12.1 Å². The first kappa shape index (κ1) is 22.4. The summed E-state index contributed by atoms with van der Waals surface area (Å²) < 4.78 is 13.4. The summed E-state index contributed by atoms with van der Waals surface area (Å²) >= 11 is 3.58. The van der Waals surface area contributed by atoms with E-state index in [2.05, 4.69) is 80.7 Å². The maximum Gasteiger partial charge on any atom is 0.329 e. The molecule has 152 valence electrons. The molecular weight excluding hydrogens is 422 g/mol. The number of carbonyl (C=O) groups excluding carboxylic acids is 1. The van der Waals surface area contributed by atoms with Crippen molar-refractivity contribution in [3.63, 3.8) is 0 Å². The van der Waals surface area contributed by atoms with Gasteiger partial charge in [-0.25, -0.2) is 4.79 Å². The normalized spacial score (nSPS) is 21.6. The monoisotopic (exact) mass is 455 g/mol. The summed E-state index contributed by atoms with van der Waals surface area (Å²) in [6, 6.07) is 5.93. The predicted molar refractivity (Wildman–Crippen MR) is 118 cm³/mol. The highest BCUT2D eigenvalue weighted by Gasteiger charge is 2.39. The first-order chi connectivity index (χ1) is 12.3. The molecule has 1 aliphatic heterocycles. The van der Waals surface area contributed by atoms with Crippen molar-refractivity contribution in [3.05, 3.63) is 28.2 Å². The molecule has 0 N–H and O–H groups in total. The molecule has 0 bridgehead atoms. The van der Waals surface area contributed by atoms with Gasteiger partial charge in [0.2, 0.25) is 0 Å². The maximum absolute atomic E-state index is 12.9. The Balaban J connectivity index is 2.33. The number of fused-ring (bicyclic) bond motifs is 1. The van der Waals surface area contributed by atoms with Gasteiger partial charge in [-0.2, -0.15) is 0 Å². The number of cyclic esters (lactones) is 1. The van der Waals surface area contributed by atoms with Gasteiger partial charge < -0.3 is 14.1 Å². The van der Waals surface area contributed by atoms with Crippen LogP contribution in [-0.2, 0) is 20.4 Å². The zero-order chi connectivity index (χ0) is 20.6. The Morgan fingerprint density at radius 3 is 2.52 bits per heavy atom. The van der Waals surface area contributed by atoms with Crippen molar-refractivity contribution in [1.82, 2.24) is 0 Å². The summed E-state index contributed by atoms with van der Waals surface area (Å²) in [6.45, 7) is 15.7. The summed E-state index contributed by atoms with van der Waals surface area (Å²) in [7, 11) is 0.0716. The van der Waals surface area contributed by atoms with E-state index < -0.39 is 8.32 Å². The Bertz CT molecular complexity index is 684. The van der Waals surface area contributed by atoms with E-state index in [1.165, 1.54) is 5.56 Å². The number of carbonyl (C=O) groups is 1. The molecule has 4 nitrogen and oxygen atoms in total. The van der Waals surface area contributed by atoms with Gasteiger partial charge in [-0.1, -0.05) is 50.5 Å². The van der Waals surface area contributed by atoms with E-state index in [9.17, 15) is 4.79 Å². The molecule has 1 aliphatic rings. The topological polar surface area (TPSA) is 38.8 Å². The molecule has 1 aromatic carbocycles. The van der Waals surface area contributed by atoms with Gasteiger partial charge in [-0.05, 0) is 47.8 Å². The van der Waals surface area contributed by atoms with Crippen LogP contribution in [0.1, 0.15) is 40.2 Å². The number of likely N-dealkylation sites (N-methyl/N-ethyl adjacent to an activating group) is 1. The van der Waals surface area contributed by atoms with E-state index in [4.69, 9.17) is 9.16 Å². The zero-order valence-corrected chi connectivity index (χ0v) is 20.5. The molecule has 2 atom stereocenters. The lowest BCUT2D eigenvalue weighted by molar-refractivity contribution is -0.153. The van der Waals surface area contributed by atoms with Crippen molar-refractivity contribution in [2.45, 2.75) is 71.3 Å². The first-order valence-electron chi connectivity index (χ1n) is 9.69. The Labute approximate surface area is 173 Å². The summed E-state index contributed by atoms with van der Waals surface area (Å²) in [5.41, 5.74) is 2.26. The van der Waals surface area contributed by atoms with Crippen LogP contribution in [0.2, 0.25) is 18.1 Å². The van der Waals surface area contributed by atoms with Crippen molar-refractivity contribution in [1.29, 1.82) is 0 Å². The lowest BCUT2D eigenvalue weighted by Crippen LogP contribution is -2.49. The number of ether oxygens (including phenoxy) is 1. The second-order valence-corrected chi connectivity index (χ2v) is 15.1. The highest BCUT2D eigenvalue weighted by Crippen LogP contribution is 2.37. The summed E-state index contributed by atoms with van der Waals surface area (Å²) in [6.07, 6.45) is 0.388. The molecule has 1 heterocycles. The van der Waals surface area contributed by atoms with Gasteiger partial charge in [0.15, 0.2) is 8.32 Å². The van der Waals surface area contributed by atoms with Gasteiger partial charge in [-0.3, -0.25) is 0 Å². The van der Waals surface area contributed by atoms with Gasteiger partial charge in [-0.15, -0.1) is 0 Å². The Morgan fingerprint density at radius 1 is 1.33 bits per heavy atom. The standard InChI is InChI=1S/C21H34BrNO3Si/c1-14(2)19-20(24)26-17(13-25-27(7,8)21(3,4)5)12-15-11-16(22)9-10-18(15)23(19)6/h9-11,14,17,19H,12-13H2,1-8H3/t17-,19-/m0/s1. The van der Waals surface area contributed by atoms with Crippen LogP contribution < -0.4 is 4.90 Å². The number of hydrogen-bond acceptors (Lipinski definition) is 4. The molecule has 0 saturated heterocycles. The van der Waals surface area contributed by atoms with Crippen molar-refractivity contribution < 1.29 is 14.0 Å². The highest BCUT2D eigenvalue weighted by molar-refractivity contribution is 9.10. The number of rotatable bonds is 4. The van der Waals surface area contributed by atoms with E-state index in [1.54, 1.807) is 0 Å². The lowest BCUT2D eigenvalue weighted by atomic mass is 9.97. The molecule has 0 unspecified atom stereocenters. The lowest BCUT2D eigenvalue weighted by Gasteiger charge is -2.39. The van der Waals surface area contributed by atoms with Gasteiger partial charge in [0.05, 0.1) is 6.61 Å². The van der Waals surface area contributed by atoms with Crippen molar-refractivity contribution in [2.75, 3.05) is 18.6 Å². The molecule has 0 fully saturated rings. The minimum absolute atomic E-state index is 0.125. The van der Waals surface area contributed by atoms with E-state index in [0.29, 0.717) is 13.0 Å². The van der Waals surface area contributed by atoms with Crippen molar-refractivity contribution >= 4 is 35.9 Å². The number of hydrogen-bond donors (Lipinski definition) is 0. The van der Waals surface area contributed by atoms with Crippen molar-refractivity contribution in [2.24, 2.45) is 5.92 Å². The molecule has 2 rings (SSSR count). The molecule has 0 saturated carbocycles. The summed E-state index contributed by atoms with van der Waals surface area (Å²) in [5.74, 6) is -0.0102. The Morgan fingerprint density at radius 2 is 1.96 bits per heavy atom. The third kappa shape index (κ3) is 5.15. The Hall–Kier alpha value is -0.853. The first-order valence-corrected chi connectivity index (χ1v) is 13.4.